The van der Waals surface area contributed by atoms with Gasteiger partial charge in [0.15, 0.2) is 0 Å². The Bertz CT molecular complexity index is 857. The fourth-order valence-corrected chi connectivity index (χ4v) is 4.47. The van der Waals surface area contributed by atoms with Crippen LogP contribution >= 0.6 is 35.3 Å². The lowest BCUT2D eigenvalue weighted by atomic mass is 10.1. The predicted molar refractivity (Wildman–Crippen MR) is 102 cm³/mol. The van der Waals surface area contributed by atoms with E-state index in [0.29, 0.717) is 5.69 Å². The fraction of sp³-hybridized carbons (Fsp3) is 0.235. The third-order valence-electron chi connectivity index (χ3n) is 4.38. The van der Waals surface area contributed by atoms with E-state index in [1.54, 1.807) is 0 Å². The Labute approximate surface area is 155 Å². The van der Waals surface area contributed by atoms with Gasteiger partial charge in [-0.2, -0.15) is 0 Å². The molecule has 0 saturated carbocycles. The van der Waals surface area contributed by atoms with E-state index in [2.05, 4.69) is 27.8 Å². The number of aromatic nitrogens is 1. The van der Waals surface area contributed by atoms with Crippen molar-refractivity contribution in [3.8, 4) is 0 Å². The summed E-state index contributed by atoms with van der Waals surface area (Å²) in [7, 11) is 1.93. The van der Waals surface area contributed by atoms with Crippen LogP contribution < -0.4 is 10.6 Å². The zero-order valence-corrected chi connectivity index (χ0v) is 15.3. The molecule has 0 radical (unpaired) electrons. The molecule has 1 aliphatic carbocycles. The van der Waals surface area contributed by atoms with Gasteiger partial charge in [0.2, 0.25) is 0 Å². The molecule has 1 amide bonds. The second-order valence-electron chi connectivity index (χ2n) is 5.77. The largest absolute Gasteiger partial charge is 0.346 e. The molecule has 0 unspecified atom stereocenters. The standard InChI is InChI=1S/C17H16ClN3OS.ClH/c1-19-15-11-5-3-2-4-9(11)6-12(15)20-16(22)13-7-10-8-14(18)23-17(10)21-13;/h2-5,7-8,12,15,19,21H,6H2,1H3,(H,20,22);1H/t12-,15+;/m1./s1. The first-order valence-electron chi connectivity index (χ1n) is 7.49. The van der Waals surface area contributed by atoms with Crippen LogP contribution in [0.3, 0.4) is 0 Å². The second kappa shape index (κ2) is 6.76. The van der Waals surface area contributed by atoms with Gasteiger partial charge < -0.3 is 15.6 Å². The Balaban J connectivity index is 0.00000169. The van der Waals surface area contributed by atoms with Gasteiger partial charge in [-0.25, -0.2) is 0 Å². The molecular weight excluding hydrogens is 365 g/mol. The molecule has 4 rings (SSSR count). The van der Waals surface area contributed by atoms with Crippen LogP contribution in [0.5, 0.6) is 0 Å². The number of amides is 1. The number of likely N-dealkylation sites (N-methyl/N-ethyl adjacent to an activating group) is 1. The molecule has 4 nitrogen and oxygen atoms in total. The molecule has 0 spiro atoms. The lowest BCUT2D eigenvalue weighted by molar-refractivity contribution is 0.0927. The minimum Gasteiger partial charge on any atom is -0.346 e. The molecule has 7 heteroatoms. The zero-order valence-electron chi connectivity index (χ0n) is 12.9. The highest BCUT2D eigenvalue weighted by atomic mass is 35.5. The molecule has 0 saturated heterocycles. The van der Waals surface area contributed by atoms with Crippen molar-refractivity contribution >= 4 is 51.5 Å². The maximum atomic E-state index is 12.6. The summed E-state index contributed by atoms with van der Waals surface area (Å²) in [6.07, 6.45) is 0.842. The number of hydrogen-bond donors (Lipinski definition) is 3. The third kappa shape index (κ3) is 2.93. The second-order valence-corrected chi connectivity index (χ2v) is 7.45. The maximum Gasteiger partial charge on any atom is 0.268 e. The number of carbonyl (C=O) groups is 1. The van der Waals surface area contributed by atoms with Gasteiger partial charge in [0.25, 0.3) is 5.91 Å². The number of H-pyrrole nitrogens is 1. The summed E-state index contributed by atoms with van der Waals surface area (Å²) in [4.78, 5) is 16.6. The molecule has 126 valence electrons. The van der Waals surface area contributed by atoms with Gasteiger partial charge in [0.1, 0.15) is 10.5 Å². The van der Waals surface area contributed by atoms with Gasteiger partial charge in [-0.1, -0.05) is 35.9 Å². The molecule has 0 fully saturated rings. The summed E-state index contributed by atoms with van der Waals surface area (Å²) in [5.41, 5.74) is 3.13. The van der Waals surface area contributed by atoms with Gasteiger partial charge in [0.05, 0.1) is 16.4 Å². The number of carbonyl (C=O) groups excluding carboxylic acids is 1. The molecule has 1 aromatic carbocycles. The number of rotatable bonds is 3. The first kappa shape index (κ1) is 17.3. The monoisotopic (exact) mass is 381 g/mol. The van der Waals surface area contributed by atoms with Gasteiger partial charge >= 0.3 is 0 Å². The molecule has 2 heterocycles. The van der Waals surface area contributed by atoms with Crippen molar-refractivity contribution in [2.45, 2.75) is 18.5 Å². The van der Waals surface area contributed by atoms with Crippen LogP contribution in [0.2, 0.25) is 4.34 Å². The number of thiophene rings is 1. The highest BCUT2D eigenvalue weighted by Crippen LogP contribution is 2.32. The molecule has 3 N–H and O–H groups in total. The summed E-state index contributed by atoms with van der Waals surface area (Å²) < 4.78 is 0.722. The van der Waals surface area contributed by atoms with E-state index in [0.717, 1.165) is 21.0 Å². The topological polar surface area (TPSA) is 56.9 Å². The average Bonchev–Trinajstić information content (AvgIpc) is 3.16. The van der Waals surface area contributed by atoms with Gasteiger partial charge in [0, 0.05) is 5.39 Å². The van der Waals surface area contributed by atoms with E-state index in [1.807, 2.05) is 31.3 Å². The Morgan fingerprint density at radius 1 is 1.33 bits per heavy atom. The zero-order chi connectivity index (χ0) is 16.0. The van der Waals surface area contributed by atoms with Gasteiger partial charge in [-0.05, 0) is 36.7 Å². The van der Waals surface area contributed by atoms with E-state index in [-0.39, 0.29) is 30.4 Å². The fourth-order valence-electron chi connectivity index (χ4n) is 3.35. The molecule has 2 aromatic heterocycles. The van der Waals surface area contributed by atoms with Crippen LogP contribution in [0, 0.1) is 0 Å². The molecule has 24 heavy (non-hydrogen) atoms. The lowest BCUT2D eigenvalue weighted by Gasteiger charge is -2.21. The Morgan fingerprint density at radius 2 is 2.12 bits per heavy atom. The van der Waals surface area contributed by atoms with Crippen molar-refractivity contribution < 1.29 is 4.79 Å². The lowest BCUT2D eigenvalue weighted by Crippen LogP contribution is -2.41. The minimum atomic E-state index is -0.0809. The minimum absolute atomic E-state index is 0. The molecule has 0 aliphatic heterocycles. The van der Waals surface area contributed by atoms with Gasteiger partial charge in [-0.3, -0.25) is 4.79 Å². The number of benzene rings is 1. The Morgan fingerprint density at radius 3 is 2.88 bits per heavy atom. The molecule has 1 aliphatic rings. The van der Waals surface area contributed by atoms with Crippen molar-refractivity contribution in [1.29, 1.82) is 0 Å². The summed E-state index contributed by atoms with van der Waals surface area (Å²) in [5.74, 6) is -0.0809. The number of nitrogens with one attached hydrogen (secondary N) is 3. The Hall–Kier alpha value is -1.53. The van der Waals surface area contributed by atoms with E-state index in [9.17, 15) is 4.79 Å². The van der Waals surface area contributed by atoms with Crippen LogP contribution in [-0.2, 0) is 6.42 Å². The quantitative estimate of drug-likeness (QED) is 0.643. The summed E-state index contributed by atoms with van der Waals surface area (Å²) in [6.45, 7) is 0. The average molecular weight is 382 g/mol. The van der Waals surface area contributed by atoms with E-state index in [4.69, 9.17) is 11.6 Å². The number of aromatic amines is 1. The number of halogens is 2. The summed E-state index contributed by atoms with van der Waals surface area (Å²) >= 11 is 7.42. The third-order valence-corrected chi connectivity index (χ3v) is 5.58. The smallest absolute Gasteiger partial charge is 0.268 e. The van der Waals surface area contributed by atoms with Crippen molar-refractivity contribution in [2.24, 2.45) is 0 Å². The van der Waals surface area contributed by atoms with Crippen LogP contribution in [0.4, 0.5) is 0 Å². The van der Waals surface area contributed by atoms with Crippen LogP contribution in [0.15, 0.2) is 36.4 Å². The van der Waals surface area contributed by atoms with E-state index < -0.39 is 0 Å². The highest BCUT2D eigenvalue weighted by Gasteiger charge is 2.32. The maximum absolute atomic E-state index is 12.6. The summed E-state index contributed by atoms with van der Waals surface area (Å²) in [5, 5.41) is 7.44. The number of hydrogen-bond acceptors (Lipinski definition) is 3. The van der Waals surface area contributed by atoms with Crippen LogP contribution in [0.25, 0.3) is 10.2 Å². The van der Waals surface area contributed by atoms with E-state index >= 15 is 0 Å². The SMILES string of the molecule is CN[C@H]1c2ccccc2C[C@H]1NC(=O)c1cc2cc(Cl)sc2[nH]1.Cl. The van der Waals surface area contributed by atoms with Crippen molar-refractivity contribution in [2.75, 3.05) is 7.05 Å². The normalized spacial score (nSPS) is 19.1. The first-order chi connectivity index (χ1) is 11.2. The van der Waals surface area contributed by atoms with Crippen molar-refractivity contribution in [1.82, 2.24) is 15.6 Å². The summed E-state index contributed by atoms with van der Waals surface area (Å²) in [6, 6.07) is 12.2. The van der Waals surface area contributed by atoms with Crippen molar-refractivity contribution in [3.05, 3.63) is 57.6 Å². The van der Waals surface area contributed by atoms with E-state index in [1.165, 1.54) is 22.5 Å². The van der Waals surface area contributed by atoms with Crippen LogP contribution in [-0.4, -0.2) is 24.0 Å². The number of fused-ring (bicyclic) bond motifs is 2. The first-order valence-corrected chi connectivity index (χ1v) is 8.69. The van der Waals surface area contributed by atoms with Gasteiger partial charge in [-0.15, -0.1) is 23.7 Å². The molecule has 3 aromatic rings. The predicted octanol–water partition coefficient (Wildman–Crippen LogP) is 3.92. The highest BCUT2D eigenvalue weighted by molar-refractivity contribution is 7.22. The van der Waals surface area contributed by atoms with Crippen molar-refractivity contribution in [3.63, 3.8) is 0 Å². The molecular formula is C17H17Cl2N3OS. The molecule has 0 bridgehead atoms. The Kier molecular flexibility index (Phi) is 4.88. The van der Waals surface area contributed by atoms with Crippen LogP contribution in [0.1, 0.15) is 27.7 Å². The molecule has 2 atom stereocenters.